The van der Waals surface area contributed by atoms with Gasteiger partial charge in [0, 0.05) is 44.2 Å². The largest absolute Gasteiger partial charge is 0.454 e. The zero-order valence-corrected chi connectivity index (χ0v) is 19.9. The standard InChI is InChI=1S/C20H25N7O4S2/c1-26(2)13-8-14-15(31-11-30-14)9-16(13)32-20-25-17-18(21)22-10-23-19(17)27(20)7-3-6-24-33(28,29)12-4-5-12/h8-10,12,24H,3-7,11H2,1-2H3,(H2,21,22,23). The summed E-state index contributed by atoms with van der Waals surface area (Å²) in [6.45, 7) is 1.05. The molecule has 1 aliphatic carbocycles. The second kappa shape index (κ2) is 8.54. The molecule has 1 saturated carbocycles. The molecule has 0 radical (unpaired) electrons. The molecule has 3 heterocycles. The lowest BCUT2D eigenvalue weighted by molar-refractivity contribution is 0.174. The number of aryl methyl sites for hydroxylation is 1. The van der Waals surface area contributed by atoms with Gasteiger partial charge >= 0.3 is 0 Å². The minimum Gasteiger partial charge on any atom is -0.454 e. The van der Waals surface area contributed by atoms with Crippen LogP contribution in [-0.4, -0.2) is 60.6 Å². The normalized spacial score (nSPS) is 15.3. The molecule has 1 aliphatic heterocycles. The molecule has 2 aromatic heterocycles. The van der Waals surface area contributed by atoms with Gasteiger partial charge in [-0.3, -0.25) is 0 Å². The summed E-state index contributed by atoms with van der Waals surface area (Å²) < 4.78 is 40.0. The smallest absolute Gasteiger partial charge is 0.231 e. The van der Waals surface area contributed by atoms with Crippen LogP contribution in [-0.2, 0) is 16.6 Å². The van der Waals surface area contributed by atoms with E-state index in [1.54, 1.807) is 0 Å². The average molecular weight is 492 g/mol. The van der Waals surface area contributed by atoms with E-state index >= 15 is 0 Å². The highest BCUT2D eigenvalue weighted by atomic mass is 32.2. The topological polar surface area (TPSA) is 137 Å². The van der Waals surface area contributed by atoms with Crippen molar-refractivity contribution in [3.8, 4) is 11.5 Å². The van der Waals surface area contributed by atoms with Crippen molar-refractivity contribution in [2.45, 2.75) is 41.1 Å². The van der Waals surface area contributed by atoms with Gasteiger partial charge < -0.3 is 24.7 Å². The van der Waals surface area contributed by atoms with E-state index in [4.69, 9.17) is 20.2 Å². The lowest BCUT2D eigenvalue weighted by atomic mass is 10.2. The number of anilines is 2. The summed E-state index contributed by atoms with van der Waals surface area (Å²) in [7, 11) is 0.703. The number of ether oxygens (including phenoxy) is 2. The molecule has 0 atom stereocenters. The monoisotopic (exact) mass is 491 g/mol. The molecule has 1 fully saturated rings. The number of fused-ring (bicyclic) bond motifs is 2. The van der Waals surface area contributed by atoms with Gasteiger partial charge in [-0.25, -0.2) is 28.1 Å². The maximum absolute atomic E-state index is 12.1. The number of hydrogen-bond acceptors (Lipinski definition) is 10. The Bertz CT molecular complexity index is 1310. The number of imidazole rings is 1. The number of aromatic nitrogens is 4. The molecule has 5 rings (SSSR count). The van der Waals surface area contributed by atoms with Gasteiger partial charge in [0.05, 0.1) is 10.9 Å². The number of benzene rings is 1. The quantitative estimate of drug-likeness (QED) is 0.426. The van der Waals surface area contributed by atoms with Crippen molar-refractivity contribution in [1.82, 2.24) is 24.2 Å². The van der Waals surface area contributed by atoms with Crippen LogP contribution in [0.25, 0.3) is 11.2 Å². The van der Waals surface area contributed by atoms with E-state index in [1.165, 1.54) is 18.1 Å². The number of nitrogens with two attached hydrogens (primary N) is 1. The van der Waals surface area contributed by atoms with E-state index in [9.17, 15) is 8.42 Å². The van der Waals surface area contributed by atoms with Crippen molar-refractivity contribution in [2.75, 3.05) is 38.1 Å². The zero-order chi connectivity index (χ0) is 23.2. The third-order valence-electron chi connectivity index (χ3n) is 5.49. The first-order chi connectivity index (χ1) is 15.8. The van der Waals surface area contributed by atoms with E-state index in [0.717, 1.165) is 23.4 Å². The first kappa shape index (κ1) is 22.0. The summed E-state index contributed by atoms with van der Waals surface area (Å²) in [5.41, 5.74) is 8.15. The number of sulfonamides is 1. The molecular weight excluding hydrogens is 466 g/mol. The Labute approximate surface area is 195 Å². The van der Waals surface area contributed by atoms with Gasteiger partial charge in [0.15, 0.2) is 33.6 Å². The van der Waals surface area contributed by atoms with Crippen LogP contribution in [0, 0.1) is 0 Å². The van der Waals surface area contributed by atoms with Crippen molar-refractivity contribution >= 4 is 44.5 Å². The van der Waals surface area contributed by atoms with Crippen LogP contribution in [0.1, 0.15) is 19.3 Å². The van der Waals surface area contributed by atoms with Crippen molar-refractivity contribution in [2.24, 2.45) is 0 Å². The van der Waals surface area contributed by atoms with Crippen molar-refractivity contribution in [1.29, 1.82) is 0 Å². The van der Waals surface area contributed by atoms with E-state index in [1.807, 2.05) is 35.7 Å². The lowest BCUT2D eigenvalue weighted by Gasteiger charge is -2.18. The summed E-state index contributed by atoms with van der Waals surface area (Å²) in [5.74, 6) is 1.68. The number of nitrogens with one attached hydrogen (secondary N) is 1. The van der Waals surface area contributed by atoms with Crippen LogP contribution in [0.15, 0.2) is 28.5 Å². The third kappa shape index (κ3) is 4.39. The maximum Gasteiger partial charge on any atom is 0.231 e. The van der Waals surface area contributed by atoms with Gasteiger partial charge in [-0.1, -0.05) is 0 Å². The predicted octanol–water partition coefficient (Wildman–Crippen LogP) is 1.83. The highest BCUT2D eigenvalue weighted by Crippen LogP contribution is 2.44. The molecule has 3 aromatic rings. The minimum absolute atomic E-state index is 0.192. The maximum atomic E-state index is 12.1. The Kier molecular flexibility index (Phi) is 5.70. The average Bonchev–Trinajstić information content (AvgIpc) is 3.45. The number of nitrogens with zero attached hydrogens (tertiary/aromatic N) is 5. The first-order valence-corrected chi connectivity index (χ1v) is 12.9. The van der Waals surface area contributed by atoms with E-state index < -0.39 is 10.0 Å². The van der Waals surface area contributed by atoms with Crippen molar-refractivity contribution in [3.05, 3.63) is 18.5 Å². The van der Waals surface area contributed by atoms with Gasteiger partial charge in [-0.05, 0) is 31.0 Å². The summed E-state index contributed by atoms with van der Waals surface area (Å²) in [4.78, 5) is 16.1. The molecule has 3 N–H and O–H groups in total. The fourth-order valence-electron chi connectivity index (χ4n) is 3.60. The van der Waals surface area contributed by atoms with Gasteiger partial charge in [0.2, 0.25) is 16.8 Å². The molecule has 176 valence electrons. The number of rotatable bonds is 9. The molecule has 33 heavy (non-hydrogen) atoms. The van der Waals surface area contributed by atoms with Crippen LogP contribution in [0.2, 0.25) is 0 Å². The van der Waals surface area contributed by atoms with Crippen LogP contribution in [0.3, 0.4) is 0 Å². The van der Waals surface area contributed by atoms with Crippen LogP contribution >= 0.6 is 11.8 Å². The van der Waals surface area contributed by atoms with Crippen molar-refractivity contribution < 1.29 is 17.9 Å². The Morgan fingerprint density at radius 2 is 2.00 bits per heavy atom. The van der Waals surface area contributed by atoms with Crippen molar-refractivity contribution in [3.63, 3.8) is 0 Å². The Morgan fingerprint density at radius 3 is 2.73 bits per heavy atom. The third-order valence-corrected chi connectivity index (χ3v) is 8.48. The lowest BCUT2D eigenvalue weighted by Crippen LogP contribution is -2.28. The van der Waals surface area contributed by atoms with Crippen LogP contribution < -0.4 is 24.8 Å². The molecule has 0 amide bonds. The number of hydrogen-bond donors (Lipinski definition) is 2. The zero-order valence-electron chi connectivity index (χ0n) is 18.3. The van der Waals surface area contributed by atoms with E-state index in [-0.39, 0.29) is 12.0 Å². The summed E-state index contributed by atoms with van der Waals surface area (Å²) in [6, 6.07) is 3.88. The fourth-order valence-corrected chi connectivity index (χ4v) is 6.16. The Hall–Kier alpha value is -2.77. The molecule has 2 aliphatic rings. The molecular formula is C20H25N7O4S2. The van der Waals surface area contributed by atoms with Crippen LogP contribution in [0.5, 0.6) is 11.5 Å². The number of nitrogen functional groups attached to an aromatic ring is 1. The fraction of sp³-hybridized carbons (Fsp3) is 0.450. The Balaban J connectivity index is 1.44. The molecule has 0 bridgehead atoms. The molecule has 11 nitrogen and oxygen atoms in total. The van der Waals surface area contributed by atoms with Crippen LogP contribution in [0.4, 0.5) is 11.5 Å². The van der Waals surface area contributed by atoms with Gasteiger partial charge in [0.25, 0.3) is 0 Å². The summed E-state index contributed by atoms with van der Waals surface area (Å²) in [5, 5.41) is 0.449. The Morgan fingerprint density at radius 1 is 1.24 bits per heavy atom. The van der Waals surface area contributed by atoms with Gasteiger partial charge in [-0.2, -0.15) is 0 Å². The molecule has 0 spiro atoms. The minimum atomic E-state index is -3.21. The summed E-state index contributed by atoms with van der Waals surface area (Å²) >= 11 is 1.46. The second-order valence-electron chi connectivity index (χ2n) is 8.14. The molecule has 0 unspecified atom stereocenters. The highest BCUT2D eigenvalue weighted by Gasteiger charge is 2.35. The SMILES string of the molecule is CN(C)c1cc2c(cc1Sc1nc3c(N)ncnc3n1CCCNS(=O)(=O)C1CC1)OCO2. The van der Waals surface area contributed by atoms with E-state index in [2.05, 4.69) is 14.7 Å². The summed E-state index contributed by atoms with van der Waals surface area (Å²) in [6.07, 6.45) is 3.47. The first-order valence-electron chi connectivity index (χ1n) is 10.6. The predicted molar refractivity (Wildman–Crippen MR) is 125 cm³/mol. The molecule has 0 saturated heterocycles. The van der Waals surface area contributed by atoms with Gasteiger partial charge in [-0.15, -0.1) is 0 Å². The second-order valence-corrected chi connectivity index (χ2v) is 11.2. The molecule has 13 heteroatoms. The highest BCUT2D eigenvalue weighted by molar-refractivity contribution is 7.99. The molecule has 1 aromatic carbocycles. The van der Waals surface area contributed by atoms with E-state index in [0.29, 0.717) is 53.1 Å². The van der Waals surface area contributed by atoms with Gasteiger partial charge in [0.1, 0.15) is 6.33 Å².